The summed E-state index contributed by atoms with van der Waals surface area (Å²) in [4.78, 5) is 2.44. The second kappa shape index (κ2) is 10.8. The number of allylic oxidation sites excluding steroid dienone is 6. The molecule has 0 amide bonds. The molecule has 0 saturated carbocycles. The molecule has 5 heteroatoms. The van der Waals surface area contributed by atoms with Crippen LogP contribution in [0.15, 0.2) is 215 Å². The monoisotopic (exact) mass is 681 g/mol. The summed E-state index contributed by atoms with van der Waals surface area (Å²) in [5.74, 6) is 1.00. The molecule has 5 aromatic rings. The maximum absolute atomic E-state index is 6.89. The Labute approximate surface area is 308 Å². The highest BCUT2D eigenvalue weighted by molar-refractivity contribution is 6.17. The Kier molecular flexibility index (Phi) is 5.89. The van der Waals surface area contributed by atoms with Gasteiger partial charge in [-0.1, -0.05) is 103 Å². The van der Waals surface area contributed by atoms with Gasteiger partial charge in [0.05, 0.1) is 12.1 Å². The fraction of sp³-hybridized carbons (Fsp3) is 0.0625. The number of hydrogen-bond donors (Lipinski definition) is 0. The van der Waals surface area contributed by atoms with E-state index >= 15 is 0 Å². The van der Waals surface area contributed by atoms with Gasteiger partial charge in [0.15, 0.2) is 0 Å². The van der Waals surface area contributed by atoms with E-state index in [-0.39, 0.29) is 12.1 Å². The van der Waals surface area contributed by atoms with E-state index < -0.39 is 0 Å². The molecule has 5 aromatic carbocycles. The Balaban J connectivity index is 1.21. The van der Waals surface area contributed by atoms with E-state index in [9.17, 15) is 0 Å². The quantitative estimate of drug-likeness (QED) is 0.176. The van der Waals surface area contributed by atoms with Gasteiger partial charge >= 0.3 is 0 Å². The minimum atomic E-state index is -0.0866. The maximum Gasteiger partial charge on any atom is 0.237 e. The molecule has 0 spiro atoms. The number of hydrazine groups is 1. The topological polar surface area (TPSA) is 22.0 Å². The summed E-state index contributed by atoms with van der Waals surface area (Å²) in [7, 11) is 0. The minimum Gasteiger partial charge on any atom is -0.481 e. The number of hydrogen-bond acceptors (Lipinski definition) is 4. The van der Waals surface area contributed by atoms with Crippen LogP contribution in [0, 0.1) is 0 Å². The van der Waals surface area contributed by atoms with Gasteiger partial charge in [-0.2, -0.15) is 4.58 Å². The maximum atomic E-state index is 6.89. The number of benzene rings is 5. The fourth-order valence-corrected chi connectivity index (χ4v) is 9.38. The van der Waals surface area contributed by atoms with Crippen molar-refractivity contribution in [3.63, 3.8) is 0 Å². The molecule has 250 valence electrons. The van der Waals surface area contributed by atoms with Crippen LogP contribution in [0.1, 0.15) is 12.0 Å². The van der Waals surface area contributed by atoms with Crippen LogP contribution in [0.25, 0.3) is 5.57 Å². The van der Waals surface area contributed by atoms with Gasteiger partial charge in [0.1, 0.15) is 29.3 Å². The van der Waals surface area contributed by atoms with Gasteiger partial charge in [-0.15, -0.1) is 0 Å². The summed E-state index contributed by atoms with van der Waals surface area (Å²) in [5.41, 5.74) is 18.0. The summed E-state index contributed by atoms with van der Waals surface area (Å²) in [6, 6.07) is 50.2. The van der Waals surface area contributed by atoms with Gasteiger partial charge in [-0.25, -0.2) is 5.01 Å². The Morgan fingerprint density at radius 1 is 0.660 bits per heavy atom. The summed E-state index contributed by atoms with van der Waals surface area (Å²) in [5, 5.41) is 5.07. The van der Waals surface area contributed by atoms with Crippen LogP contribution >= 0.6 is 0 Å². The molecule has 5 nitrogen and oxygen atoms in total. The zero-order valence-corrected chi connectivity index (χ0v) is 28.8. The SMILES string of the molecule is C1=CC2=C3C=C4C5=C6C(=[N+](c7ccccc7)c7ccccc7N6N6c7ccccc7C(=C3OC2C=C1)C46)CC(N(c1ccccc1)c1ccccc1)=C5. The molecule has 0 bridgehead atoms. The van der Waals surface area contributed by atoms with Crippen LogP contribution in [0.2, 0.25) is 0 Å². The minimum absolute atomic E-state index is 0.0614. The Morgan fingerprint density at radius 2 is 1.34 bits per heavy atom. The van der Waals surface area contributed by atoms with Gasteiger partial charge in [-0.3, -0.25) is 5.01 Å². The lowest BCUT2D eigenvalue weighted by Crippen LogP contribution is -2.57. The summed E-state index contributed by atoms with van der Waals surface area (Å²) in [6.45, 7) is 0. The third-order valence-electron chi connectivity index (χ3n) is 11.5. The zero-order chi connectivity index (χ0) is 34.6. The van der Waals surface area contributed by atoms with E-state index in [4.69, 9.17) is 4.74 Å². The van der Waals surface area contributed by atoms with E-state index in [2.05, 4.69) is 195 Å². The van der Waals surface area contributed by atoms with Crippen molar-refractivity contribution in [1.29, 1.82) is 0 Å². The third kappa shape index (κ3) is 3.94. The summed E-state index contributed by atoms with van der Waals surface area (Å²) < 4.78 is 9.39. The number of rotatable bonds is 4. The van der Waals surface area contributed by atoms with Crippen molar-refractivity contribution < 1.29 is 4.74 Å². The Hall–Kier alpha value is -6.85. The zero-order valence-electron chi connectivity index (χ0n) is 28.8. The number of para-hydroxylation sites is 6. The summed E-state index contributed by atoms with van der Waals surface area (Å²) in [6.07, 6.45) is 14.2. The first-order chi connectivity index (χ1) is 26.3. The number of anilines is 4. The lowest BCUT2D eigenvalue weighted by Gasteiger charge is -2.49. The summed E-state index contributed by atoms with van der Waals surface area (Å²) >= 11 is 0. The molecule has 0 aromatic heterocycles. The van der Waals surface area contributed by atoms with Crippen LogP contribution in [0.5, 0.6) is 0 Å². The largest absolute Gasteiger partial charge is 0.481 e. The highest BCUT2D eigenvalue weighted by Gasteiger charge is 2.56. The van der Waals surface area contributed by atoms with Crippen LogP contribution in [-0.4, -0.2) is 17.9 Å². The van der Waals surface area contributed by atoms with Crippen molar-refractivity contribution in [1.82, 2.24) is 4.58 Å². The van der Waals surface area contributed by atoms with E-state index in [0.29, 0.717) is 0 Å². The molecule has 0 saturated heterocycles. The van der Waals surface area contributed by atoms with Gasteiger partial charge in [0.2, 0.25) is 17.1 Å². The van der Waals surface area contributed by atoms with Crippen LogP contribution in [-0.2, 0) is 4.74 Å². The van der Waals surface area contributed by atoms with E-state index in [1.165, 1.54) is 56.2 Å². The molecule has 0 N–H and O–H groups in total. The predicted octanol–water partition coefficient (Wildman–Crippen LogP) is 10.5. The Bertz CT molecular complexity index is 2640. The van der Waals surface area contributed by atoms with Crippen LogP contribution < -0.4 is 19.5 Å². The standard InChI is InChI=1S/C48H33N4O/c1-4-16-31(17-5-1)49(32-18-6-2-7-19-32)34-28-37-38-30-39-35-22-11-15-27-44(35)53-48(39)45-36-23-10-12-24-40(36)51(47(38)45)52-42-26-14-13-25-41(42)50(43(29-34)46(37)52)33-20-8-3-9-21-33/h1-28,30,44,47H,29H2/q+1. The van der Waals surface area contributed by atoms with Gasteiger partial charge in [-0.05, 0) is 60.2 Å². The van der Waals surface area contributed by atoms with Crippen LogP contribution in [0.4, 0.5) is 34.1 Å². The molecule has 0 fully saturated rings. The van der Waals surface area contributed by atoms with E-state index in [0.717, 1.165) is 40.6 Å². The van der Waals surface area contributed by atoms with E-state index in [1.54, 1.807) is 0 Å². The first kappa shape index (κ1) is 28.8. The first-order valence-corrected chi connectivity index (χ1v) is 18.4. The molecule has 4 aliphatic heterocycles. The number of ether oxygens (including phenoxy) is 1. The van der Waals surface area contributed by atoms with E-state index in [1.807, 2.05) is 0 Å². The van der Waals surface area contributed by atoms with Crippen molar-refractivity contribution in [3.05, 3.63) is 221 Å². The molecule has 0 radical (unpaired) electrons. The van der Waals surface area contributed by atoms with Gasteiger partial charge in [0, 0.05) is 63.1 Å². The average Bonchev–Trinajstić information content (AvgIpc) is 3.77. The Morgan fingerprint density at radius 3 is 2.11 bits per heavy atom. The number of nitrogens with zero attached hydrogens (tertiary/aromatic N) is 4. The number of fused-ring (bicyclic) bond motifs is 9. The molecule has 12 rings (SSSR count). The highest BCUT2D eigenvalue weighted by atomic mass is 16.5. The van der Waals surface area contributed by atoms with Crippen molar-refractivity contribution in [2.75, 3.05) is 14.9 Å². The van der Waals surface area contributed by atoms with Gasteiger partial charge in [0.25, 0.3) is 0 Å². The second-order valence-corrected chi connectivity index (χ2v) is 14.3. The van der Waals surface area contributed by atoms with Crippen molar-refractivity contribution >= 4 is 45.4 Å². The lowest BCUT2D eigenvalue weighted by atomic mass is 9.78. The molecule has 2 unspecified atom stereocenters. The van der Waals surface area contributed by atoms with Crippen LogP contribution in [0.3, 0.4) is 0 Å². The molecular weight excluding hydrogens is 649 g/mol. The predicted molar refractivity (Wildman–Crippen MR) is 214 cm³/mol. The second-order valence-electron chi connectivity index (χ2n) is 14.3. The normalized spacial score (nSPS) is 21.0. The smallest absolute Gasteiger partial charge is 0.237 e. The molecule has 7 aliphatic rings. The highest BCUT2D eigenvalue weighted by Crippen LogP contribution is 2.59. The average molecular weight is 682 g/mol. The van der Waals surface area contributed by atoms with Crippen molar-refractivity contribution in [2.24, 2.45) is 0 Å². The molecule has 53 heavy (non-hydrogen) atoms. The van der Waals surface area contributed by atoms with Gasteiger partial charge < -0.3 is 9.64 Å². The molecule has 2 atom stereocenters. The van der Waals surface area contributed by atoms with Crippen molar-refractivity contribution in [3.8, 4) is 0 Å². The fourth-order valence-electron chi connectivity index (χ4n) is 9.38. The lowest BCUT2D eigenvalue weighted by molar-refractivity contribution is 0.214. The molecular formula is C48H33N4O+. The third-order valence-corrected chi connectivity index (χ3v) is 11.5. The first-order valence-electron chi connectivity index (χ1n) is 18.4. The van der Waals surface area contributed by atoms with Crippen molar-refractivity contribution in [2.45, 2.75) is 18.6 Å². The molecule has 4 heterocycles. The molecule has 3 aliphatic carbocycles.